The van der Waals surface area contributed by atoms with Crippen molar-refractivity contribution in [2.45, 2.75) is 55.4 Å². The Morgan fingerprint density at radius 2 is 1.44 bits per heavy atom. The summed E-state index contributed by atoms with van der Waals surface area (Å²) in [6.07, 6.45) is -1.44. The van der Waals surface area contributed by atoms with Gasteiger partial charge in [0.2, 0.25) is 0 Å². The van der Waals surface area contributed by atoms with Gasteiger partial charge in [-0.3, -0.25) is 19.0 Å². The van der Waals surface area contributed by atoms with E-state index in [9.17, 15) is 19.8 Å². The molecule has 2 aliphatic rings. The first kappa shape index (κ1) is 33.9. The summed E-state index contributed by atoms with van der Waals surface area (Å²) >= 11 is 0. The normalized spacial score (nSPS) is 23.5. The standard InChI is InChI=1S/C36H42N3O8P/c1-24-23-39(34(42)37-33(24)41)30-22-35(43,48(4,44)38-20-8-9-21-38)32(47-30)31(40)36(25-10-6-5-7-11-25,26-12-16-28(45-2)17-13-26)27-14-18-29(46-3)19-15-27/h5-7,10-19,23,30-32,40,43H,8-9,20-22H2,1-4H3,(H,37,41,42)/t30-,31?,32-,35-,48?/m1/s1. The molecular formula is C36H42N3O8P. The number of hydrogen-bond acceptors (Lipinski definition) is 8. The van der Waals surface area contributed by atoms with Crippen molar-refractivity contribution >= 4 is 7.29 Å². The number of nitrogens with one attached hydrogen (secondary N) is 1. The van der Waals surface area contributed by atoms with Gasteiger partial charge >= 0.3 is 5.69 Å². The van der Waals surface area contributed by atoms with E-state index in [0.717, 1.165) is 12.8 Å². The average Bonchev–Trinajstić information content (AvgIpc) is 3.78. The zero-order valence-electron chi connectivity index (χ0n) is 27.5. The lowest BCUT2D eigenvalue weighted by Gasteiger charge is -2.47. The van der Waals surface area contributed by atoms with E-state index >= 15 is 4.57 Å². The van der Waals surface area contributed by atoms with Crippen molar-refractivity contribution in [3.63, 3.8) is 0 Å². The van der Waals surface area contributed by atoms with E-state index in [2.05, 4.69) is 4.98 Å². The lowest BCUT2D eigenvalue weighted by Crippen LogP contribution is -2.56. The van der Waals surface area contributed by atoms with Gasteiger partial charge in [-0.25, -0.2) is 4.79 Å². The Balaban J connectivity index is 1.62. The molecule has 2 unspecified atom stereocenters. The van der Waals surface area contributed by atoms with Crippen LogP contribution in [0.15, 0.2) is 94.6 Å². The Bertz CT molecular complexity index is 1860. The molecule has 3 aromatic carbocycles. The zero-order chi connectivity index (χ0) is 34.3. The van der Waals surface area contributed by atoms with Gasteiger partial charge in [0.1, 0.15) is 29.9 Å². The van der Waals surface area contributed by atoms with Crippen LogP contribution >= 0.6 is 7.29 Å². The average molecular weight is 676 g/mol. The van der Waals surface area contributed by atoms with Crippen LogP contribution in [0.4, 0.5) is 0 Å². The van der Waals surface area contributed by atoms with Crippen LogP contribution in [0.1, 0.15) is 47.7 Å². The molecule has 2 fully saturated rings. The highest BCUT2D eigenvalue weighted by atomic mass is 31.2. The summed E-state index contributed by atoms with van der Waals surface area (Å²) in [4.78, 5) is 27.7. The maximum atomic E-state index is 15.0. The van der Waals surface area contributed by atoms with Crippen LogP contribution in [0.5, 0.6) is 11.5 Å². The fourth-order valence-corrected chi connectivity index (χ4v) is 10.1. The summed E-state index contributed by atoms with van der Waals surface area (Å²) in [6, 6.07) is 24.0. The van der Waals surface area contributed by atoms with Crippen LogP contribution in [0.25, 0.3) is 0 Å². The van der Waals surface area contributed by atoms with E-state index in [1.165, 1.54) is 17.4 Å². The van der Waals surface area contributed by atoms with Crippen molar-refractivity contribution in [2.75, 3.05) is 34.0 Å². The highest BCUT2D eigenvalue weighted by Crippen LogP contribution is 2.66. The summed E-state index contributed by atoms with van der Waals surface area (Å²) in [5.41, 5.74) is -0.409. The Morgan fingerprint density at radius 1 is 0.917 bits per heavy atom. The summed E-state index contributed by atoms with van der Waals surface area (Å²) in [6.45, 7) is 4.13. The highest BCUT2D eigenvalue weighted by Gasteiger charge is 2.65. The van der Waals surface area contributed by atoms with E-state index < -0.39 is 47.7 Å². The Morgan fingerprint density at radius 3 is 1.96 bits per heavy atom. The third-order valence-electron chi connectivity index (χ3n) is 10.1. The van der Waals surface area contributed by atoms with Crippen LogP contribution in [0.3, 0.4) is 0 Å². The second-order valence-electron chi connectivity index (χ2n) is 12.7. The summed E-state index contributed by atoms with van der Waals surface area (Å²) < 4.78 is 35.6. The number of methoxy groups -OCH3 is 2. The first-order valence-corrected chi connectivity index (χ1v) is 18.1. The van der Waals surface area contributed by atoms with Crippen molar-refractivity contribution in [2.24, 2.45) is 0 Å². The molecule has 254 valence electrons. The van der Waals surface area contributed by atoms with E-state index in [-0.39, 0.29) is 12.0 Å². The molecule has 0 aliphatic carbocycles. The number of aryl methyl sites for hydroxylation is 1. The number of rotatable bonds is 10. The van der Waals surface area contributed by atoms with E-state index in [4.69, 9.17) is 14.2 Å². The minimum Gasteiger partial charge on any atom is -0.497 e. The fourth-order valence-electron chi connectivity index (χ4n) is 7.37. The van der Waals surface area contributed by atoms with Gasteiger partial charge in [0.15, 0.2) is 12.6 Å². The zero-order valence-corrected chi connectivity index (χ0v) is 28.4. The molecule has 0 bridgehead atoms. The molecule has 2 aliphatic heterocycles. The van der Waals surface area contributed by atoms with Crippen LogP contribution < -0.4 is 20.7 Å². The Kier molecular flexibility index (Phi) is 9.28. The summed E-state index contributed by atoms with van der Waals surface area (Å²) in [5.74, 6) is 1.22. The second-order valence-corrected chi connectivity index (χ2v) is 15.8. The number of benzene rings is 3. The van der Waals surface area contributed by atoms with Gasteiger partial charge in [-0.05, 0) is 60.7 Å². The van der Waals surface area contributed by atoms with Crippen molar-refractivity contribution in [1.82, 2.24) is 14.2 Å². The van der Waals surface area contributed by atoms with Crippen LogP contribution in [-0.4, -0.2) is 76.0 Å². The molecule has 5 atom stereocenters. The van der Waals surface area contributed by atoms with Gasteiger partial charge in [-0.1, -0.05) is 54.6 Å². The molecule has 0 spiro atoms. The van der Waals surface area contributed by atoms with Gasteiger partial charge in [-0.2, -0.15) is 0 Å². The van der Waals surface area contributed by atoms with Gasteiger partial charge in [0.25, 0.3) is 5.56 Å². The molecule has 11 nitrogen and oxygen atoms in total. The van der Waals surface area contributed by atoms with Crippen LogP contribution in [0, 0.1) is 6.92 Å². The van der Waals surface area contributed by atoms with Gasteiger partial charge in [0.05, 0.1) is 19.6 Å². The van der Waals surface area contributed by atoms with Crippen LogP contribution in [-0.2, 0) is 14.7 Å². The summed E-state index contributed by atoms with van der Waals surface area (Å²) in [5, 5.41) is 23.9. The third-order valence-corrected chi connectivity index (χ3v) is 13.4. The Labute approximate surface area is 279 Å². The first-order valence-electron chi connectivity index (χ1n) is 16.0. The van der Waals surface area contributed by atoms with Crippen molar-refractivity contribution < 1.29 is 29.0 Å². The molecule has 48 heavy (non-hydrogen) atoms. The molecule has 12 heteroatoms. The number of H-pyrrole nitrogens is 1. The highest BCUT2D eigenvalue weighted by molar-refractivity contribution is 7.62. The molecule has 3 heterocycles. The molecule has 3 N–H and O–H groups in total. The minimum absolute atomic E-state index is 0.263. The van der Waals surface area contributed by atoms with E-state index in [0.29, 0.717) is 41.3 Å². The molecule has 0 saturated carbocycles. The number of nitrogens with zero attached hydrogens (tertiary/aromatic N) is 2. The lowest BCUT2D eigenvalue weighted by molar-refractivity contribution is -0.108. The van der Waals surface area contributed by atoms with Crippen molar-refractivity contribution in [3.05, 3.63) is 128 Å². The van der Waals surface area contributed by atoms with Gasteiger partial charge < -0.3 is 29.0 Å². The minimum atomic E-state index is -3.70. The maximum absolute atomic E-state index is 15.0. The predicted octanol–water partition coefficient (Wildman–Crippen LogP) is 4.24. The Hall–Kier alpha value is -3.99. The maximum Gasteiger partial charge on any atom is 0.330 e. The number of aliphatic hydroxyl groups is 2. The van der Waals surface area contributed by atoms with E-state index in [1.54, 1.807) is 50.1 Å². The topological polar surface area (TPSA) is 143 Å². The van der Waals surface area contributed by atoms with Crippen molar-refractivity contribution in [1.29, 1.82) is 0 Å². The number of aliphatic hydroxyl groups excluding tert-OH is 1. The van der Waals surface area contributed by atoms with E-state index in [1.807, 2.05) is 54.6 Å². The van der Waals surface area contributed by atoms with Gasteiger partial charge in [-0.15, -0.1) is 0 Å². The van der Waals surface area contributed by atoms with Crippen LogP contribution in [0.2, 0.25) is 0 Å². The molecule has 0 amide bonds. The SMILES string of the molecule is COc1ccc(C(c2ccccc2)(c2ccc(OC)cc2)C(O)[C@H]2O[C@@H](n3cc(C)c(=O)[nH]c3=O)C[C@@]2(O)P(C)(=O)N2CCCC2)cc1. The molecule has 6 rings (SSSR count). The van der Waals surface area contributed by atoms with Gasteiger partial charge in [0, 0.05) is 37.9 Å². The third kappa shape index (κ3) is 5.53. The molecular weight excluding hydrogens is 633 g/mol. The first-order chi connectivity index (χ1) is 23.0. The molecule has 4 aromatic rings. The summed E-state index contributed by atoms with van der Waals surface area (Å²) in [7, 11) is -0.554. The number of hydrogen-bond donors (Lipinski definition) is 3. The second kappa shape index (κ2) is 13.1. The molecule has 2 saturated heterocycles. The smallest absolute Gasteiger partial charge is 0.330 e. The van der Waals surface area contributed by atoms with Crippen molar-refractivity contribution in [3.8, 4) is 11.5 Å². The number of ether oxygens (including phenoxy) is 3. The molecule has 1 aromatic heterocycles. The lowest BCUT2D eigenvalue weighted by atomic mass is 9.64. The number of aromatic nitrogens is 2. The predicted molar refractivity (Wildman–Crippen MR) is 182 cm³/mol. The largest absolute Gasteiger partial charge is 0.497 e. The number of aromatic amines is 1. The fraction of sp³-hybridized carbons (Fsp3) is 0.389. The quantitative estimate of drug-likeness (QED) is 0.166. The molecule has 0 radical (unpaired) electrons. The monoisotopic (exact) mass is 675 g/mol.